The largest absolute Gasteiger partial charge is 0.395 e. The van der Waals surface area contributed by atoms with Gasteiger partial charge in [-0.3, -0.25) is 4.79 Å². The number of benzene rings is 1. The number of carbonyl (C=O) groups is 1. The SMILES string of the molecule is Cc1cc([C@@H](NC(=O)c2cc(CNCCO)cc(Cl)n2)C2CC2)ccc1F. The monoisotopic (exact) mass is 391 g/mol. The minimum Gasteiger partial charge on any atom is -0.395 e. The first-order valence-electron chi connectivity index (χ1n) is 9.03. The number of hydrogen-bond acceptors (Lipinski definition) is 4. The van der Waals surface area contributed by atoms with E-state index in [1.54, 1.807) is 31.2 Å². The first kappa shape index (κ1) is 19.7. The molecule has 27 heavy (non-hydrogen) atoms. The Morgan fingerprint density at radius 3 is 2.81 bits per heavy atom. The predicted molar refractivity (Wildman–Crippen MR) is 102 cm³/mol. The maximum absolute atomic E-state index is 13.6. The van der Waals surface area contributed by atoms with E-state index in [4.69, 9.17) is 16.7 Å². The van der Waals surface area contributed by atoms with E-state index in [2.05, 4.69) is 15.6 Å². The fourth-order valence-electron chi connectivity index (χ4n) is 3.06. The third-order valence-corrected chi connectivity index (χ3v) is 4.82. The van der Waals surface area contributed by atoms with Crippen LogP contribution in [0.2, 0.25) is 5.15 Å². The molecule has 0 radical (unpaired) electrons. The van der Waals surface area contributed by atoms with Crippen molar-refractivity contribution in [2.45, 2.75) is 32.4 Å². The summed E-state index contributed by atoms with van der Waals surface area (Å²) in [6.07, 6.45) is 2.06. The van der Waals surface area contributed by atoms with Gasteiger partial charge in [-0.05, 0) is 60.6 Å². The van der Waals surface area contributed by atoms with Gasteiger partial charge in [0.15, 0.2) is 0 Å². The molecular formula is C20H23ClFN3O2. The van der Waals surface area contributed by atoms with Crippen molar-refractivity contribution in [3.05, 3.63) is 63.7 Å². The Hall–Kier alpha value is -2.02. The van der Waals surface area contributed by atoms with E-state index in [1.165, 1.54) is 6.07 Å². The zero-order chi connectivity index (χ0) is 19.4. The zero-order valence-corrected chi connectivity index (χ0v) is 15.9. The molecular weight excluding hydrogens is 369 g/mol. The first-order chi connectivity index (χ1) is 13.0. The highest BCUT2D eigenvalue weighted by molar-refractivity contribution is 6.29. The maximum Gasteiger partial charge on any atom is 0.270 e. The standard InChI is InChI=1S/C20H23ClFN3O2/c1-12-8-15(4-5-16(12)22)19(14-2-3-14)25-20(27)17-9-13(10-18(21)24-17)11-23-6-7-26/h4-5,8-10,14,19,23,26H,2-3,6-7,11H2,1H3,(H,25,27)/t19-/m0/s1. The van der Waals surface area contributed by atoms with Gasteiger partial charge in [0.2, 0.25) is 0 Å². The molecule has 7 heteroatoms. The van der Waals surface area contributed by atoms with Gasteiger partial charge < -0.3 is 15.7 Å². The van der Waals surface area contributed by atoms with Gasteiger partial charge >= 0.3 is 0 Å². The van der Waals surface area contributed by atoms with E-state index < -0.39 is 0 Å². The fourth-order valence-corrected chi connectivity index (χ4v) is 3.29. The van der Waals surface area contributed by atoms with Crippen LogP contribution in [0.3, 0.4) is 0 Å². The Kier molecular flexibility index (Phi) is 6.42. The number of aliphatic hydroxyl groups is 1. The molecule has 1 saturated carbocycles. The summed E-state index contributed by atoms with van der Waals surface area (Å²) in [4.78, 5) is 16.9. The van der Waals surface area contributed by atoms with Gasteiger partial charge in [0, 0.05) is 13.1 Å². The molecule has 1 aromatic heterocycles. The molecule has 0 spiro atoms. The summed E-state index contributed by atoms with van der Waals surface area (Å²) in [5.74, 6) is -0.209. The first-order valence-corrected chi connectivity index (χ1v) is 9.40. The zero-order valence-electron chi connectivity index (χ0n) is 15.1. The van der Waals surface area contributed by atoms with Gasteiger partial charge in [-0.1, -0.05) is 23.7 Å². The molecule has 1 amide bonds. The molecule has 3 N–H and O–H groups in total. The molecule has 1 aliphatic carbocycles. The number of nitrogens with one attached hydrogen (secondary N) is 2. The van der Waals surface area contributed by atoms with Crippen LogP contribution in [0.4, 0.5) is 4.39 Å². The highest BCUT2D eigenvalue weighted by Crippen LogP contribution is 2.41. The van der Waals surface area contributed by atoms with Gasteiger partial charge in [0.1, 0.15) is 16.7 Å². The molecule has 0 aliphatic heterocycles. The molecule has 1 aromatic carbocycles. The summed E-state index contributed by atoms with van der Waals surface area (Å²) in [7, 11) is 0. The number of aromatic nitrogens is 1. The summed E-state index contributed by atoms with van der Waals surface area (Å²) in [6, 6.07) is 8.15. The number of aliphatic hydroxyl groups excluding tert-OH is 1. The molecule has 2 aromatic rings. The Balaban J connectivity index is 1.77. The third kappa shape index (κ3) is 5.25. The van der Waals surface area contributed by atoms with Gasteiger partial charge in [-0.15, -0.1) is 0 Å². The number of rotatable bonds is 8. The minimum absolute atomic E-state index is 0.0340. The molecule has 144 valence electrons. The van der Waals surface area contributed by atoms with Crippen molar-refractivity contribution in [2.75, 3.05) is 13.2 Å². The topological polar surface area (TPSA) is 74.2 Å². The van der Waals surface area contributed by atoms with Crippen LogP contribution in [0.1, 0.15) is 46.1 Å². The minimum atomic E-state index is -0.306. The van der Waals surface area contributed by atoms with Crippen LogP contribution in [0.25, 0.3) is 0 Å². The summed E-state index contributed by atoms with van der Waals surface area (Å²) in [5, 5.41) is 15.2. The number of aryl methyl sites for hydroxylation is 1. The lowest BCUT2D eigenvalue weighted by Gasteiger charge is -2.19. The second kappa shape index (κ2) is 8.78. The van der Waals surface area contributed by atoms with Crippen LogP contribution in [-0.2, 0) is 6.54 Å². The lowest BCUT2D eigenvalue weighted by molar-refractivity contribution is 0.0926. The molecule has 0 unspecified atom stereocenters. The average molecular weight is 392 g/mol. The van der Waals surface area contributed by atoms with Crippen molar-refractivity contribution in [1.29, 1.82) is 0 Å². The Morgan fingerprint density at radius 1 is 1.37 bits per heavy atom. The maximum atomic E-state index is 13.6. The lowest BCUT2D eigenvalue weighted by atomic mass is 10.00. The molecule has 0 bridgehead atoms. The van der Waals surface area contributed by atoms with E-state index in [1.807, 2.05) is 0 Å². The number of amides is 1. The highest BCUT2D eigenvalue weighted by atomic mass is 35.5. The second-order valence-electron chi connectivity index (χ2n) is 6.88. The van der Waals surface area contributed by atoms with Crippen LogP contribution in [0.5, 0.6) is 0 Å². The van der Waals surface area contributed by atoms with Crippen molar-refractivity contribution in [3.8, 4) is 0 Å². The van der Waals surface area contributed by atoms with Crippen molar-refractivity contribution >= 4 is 17.5 Å². The Labute approximate surface area is 163 Å². The third-order valence-electron chi connectivity index (χ3n) is 4.63. The highest BCUT2D eigenvalue weighted by Gasteiger charge is 2.34. The second-order valence-corrected chi connectivity index (χ2v) is 7.27. The van der Waals surface area contributed by atoms with E-state index >= 15 is 0 Å². The summed E-state index contributed by atoms with van der Waals surface area (Å²) in [6.45, 7) is 2.68. The summed E-state index contributed by atoms with van der Waals surface area (Å²) in [5.41, 5.74) is 2.52. The molecule has 5 nitrogen and oxygen atoms in total. The van der Waals surface area contributed by atoms with Crippen LogP contribution in [-0.4, -0.2) is 29.1 Å². The van der Waals surface area contributed by atoms with Crippen molar-refractivity contribution < 1.29 is 14.3 Å². The predicted octanol–water partition coefficient (Wildman–Crippen LogP) is 3.15. The van der Waals surface area contributed by atoms with Crippen molar-refractivity contribution in [2.24, 2.45) is 5.92 Å². The Bertz CT molecular complexity index is 827. The summed E-state index contributed by atoms with van der Waals surface area (Å²) >= 11 is 6.06. The smallest absolute Gasteiger partial charge is 0.270 e. The van der Waals surface area contributed by atoms with Gasteiger partial charge in [0.05, 0.1) is 12.6 Å². The molecule has 3 rings (SSSR count). The van der Waals surface area contributed by atoms with Gasteiger partial charge in [-0.2, -0.15) is 0 Å². The Morgan fingerprint density at radius 2 is 2.15 bits per heavy atom. The van der Waals surface area contributed by atoms with Crippen molar-refractivity contribution in [3.63, 3.8) is 0 Å². The summed E-state index contributed by atoms with van der Waals surface area (Å²) < 4.78 is 13.6. The molecule has 1 atom stereocenters. The number of nitrogens with zero attached hydrogens (tertiary/aromatic N) is 1. The van der Waals surface area contributed by atoms with E-state index in [0.717, 1.165) is 24.0 Å². The fraction of sp³-hybridized carbons (Fsp3) is 0.400. The number of pyridine rings is 1. The number of carbonyl (C=O) groups excluding carboxylic acids is 1. The normalized spacial score (nSPS) is 14.8. The van der Waals surface area contributed by atoms with E-state index in [-0.39, 0.29) is 35.2 Å². The van der Waals surface area contributed by atoms with Crippen LogP contribution in [0.15, 0.2) is 30.3 Å². The molecule has 1 fully saturated rings. The van der Waals surface area contributed by atoms with Gasteiger partial charge in [-0.25, -0.2) is 9.37 Å². The quantitative estimate of drug-likeness (QED) is 0.477. The van der Waals surface area contributed by atoms with E-state index in [0.29, 0.717) is 24.6 Å². The van der Waals surface area contributed by atoms with E-state index in [9.17, 15) is 9.18 Å². The number of hydrogen-bond donors (Lipinski definition) is 3. The van der Waals surface area contributed by atoms with Crippen LogP contribution in [0, 0.1) is 18.7 Å². The van der Waals surface area contributed by atoms with Crippen molar-refractivity contribution in [1.82, 2.24) is 15.6 Å². The van der Waals surface area contributed by atoms with Crippen LogP contribution < -0.4 is 10.6 Å². The number of halogens is 2. The average Bonchev–Trinajstić information content (AvgIpc) is 3.47. The van der Waals surface area contributed by atoms with Crippen LogP contribution >= 0.6 is 11.6 Å². The van der Waals surface area contributed by atoms with Gasteiger partial charge in [0.25, 0.3) is 5.91 Å². The lowest BCUT2D eigenvalue weighted by Crippen LogP contribution is -2.31. The molecule has 1 aliphatic rings. The molecule has 1 heterocycles. The molecule has 0 saturated heterocycles.